The van der Waals surface area contributed by atoms with E-state index in [1.807, 2.05) is 13.0 Å². The summed E-state index contributed by atoms with van der Waals surface area (Å²) in [7, 11) is 0.937. The molecule has 0 aliphatic carbocycles. The van der Waals surface area contributed by atoms with Gasteiger partial charge in [0.25, 0.3) is 0 Å². The van der Waals surface area contributed by atoms with Gasteiger partial charge in [-0.05, 0) is 32.5 Å². The van der Waals surface area contributed by atoms with Crippen LogP contribution in [0.3, 0.4) is 0 Å². The van der Waals surface area contributed by atoms with E-state index in [-0.39, 0.29) is 0 Å². The van der Waals surface area contributed by atoms with Gasteiger partial charge in [0, 0.05) is 11.9 Å². The Morgan fingerprint density at radius 2 is 2.21 bits per heavy atom. The highest BCUT2D eigenvalue weighted by Crippen LogP contribution is 2.22. The van der Waals surface area contributed by atoms with E-state index in [4.69, 9.17) is 0 Å². The molecular weight excluding hydrogens is 189 g/mol. The van der Waals surface area contributed by atoms with Crippen LogP contribution in [0.15, 0.2) is 40.8 Å². The topological polar surface area (TPSA) is 12.4 Å². The Hall–Kier alpha value is -0.680. The summed E-state index contributed by atoms with van der Waals surface area (Å²) in [4.78, 5) is 4.06. The molecular formula is C12H20NP. The average molecular weight is 209 g/mol. The number of hydrogen-bond donors (Lipinski definition) is 0. The zero-order chi connectivity index (χ0) is 10.8. The first-order valence-electron chi connectivity index (χ1n) is 4.92. The van der Waals surface area contributed by atoms with Crippen molar-refractivity contribution >= 4 is 14.8 Å². The highest BCUT2D eigenvalue weighted by atomic mass is 31.1. The van der Waals surface area contributed by atoms with E-state index < -0.39 is 0 Å². The first kappa shape index (κ1) is 13.3. The molecule has 0 N–H and O–H groups in total. The van der Waals surface area contributed by atoms with Gasteiger partial charge in [-0.3, -0.25) is 4.99 Å². The summed E-state index contributed by atoms with van der Waals surface area (Å²) in [6.45, 7) is 10.00. The molecule has 78 valence electrons. The summed E-state index contributed by atoms with van der Waals surface area (Å²) in [5, 5.41) is 1.55. The molecule has 2 heteroatoms. The predicted molar refractivity (Wildman–Crippen MR) is 69.7 cm³/mol. The molecule has 0 aliphatic rings. The standard InChI is InChI=1S/C12H20NP/c1-5-12(14-4)9-7-6-8-10-13-11(2)3/h6,8-10,14H,2,5,7H2,1,3-4H3/b8-6?,12-9+,13-10-. The minimum atomic E-state index is 0.842. The Balaban J connectivity index is 3.82. The van der Waals surface area contributed by atoms with Gasteiger partial charge in [0.05, 0.1) is 0 Å². The van der Waals surface area contributed by atoms with Crippen LogP contribution in [0.1, 0.15) is 26.7 Å². The van der Waals surface area contributed by atoms with Crippen molar-refractivity contribution in [3.63, 3.8) is 0 Å². The average Bonchev–Trinajstić information content (AvgIpc) is 2.16. The van der Waals surface area contributed by atoms with Crippen LogP contribution in [-0.2, 0) is 0 Å². The molecule has 0 spiro atoms. The molecule has 0 radical (unpaired) electrons. The van der Waals surface area contributed by atoms with Gasteiger partial charge in [-0.1, -0.05) is 39.5 Å². The summed E-state index contributed by atoms with van der Waals surface area (Å²) in [5.41, 5.74) is 0.842. The van der Waals surface area contributed by atoms with Crippen molar-refractivity contribution in [2.45, 2.75) is 26.7 Å². The maximum Gasteiger partial charge on any atom is 0.0300 e. The zero-order valence-corrected chi connectivity index (χ0v) is 10.4. The molecule has 0 amide bonds. The molecule has 1 nitrogen and oxygen atoms in total. The Morgan fingerprint density at radius 1 is 1.50 bits per heavy atom. The van der Waals surface area contributed by atoms with E-state index in [0.717, 1.165) is 20.7 Å². The smallest absolute Gasteiger partial charge is 0.0300 e. The van der Waals surface area contributed by atoms with Gasteiger partial charge in [0.1, 0.15) is 0 Å². The van der Waals surface area contributed by atoms with Crippen LogP contribution < -0.4 is 0 Å². The molecule has 0 aliphatic heterocycles. The van der Waals surface area contributed by atoms with Crippen LogP contribution in [0.5, 0.6) is 0 Å². The fourth-order valence-electron chi connectivity index (χ4n) is 0.943. The minimum Gasteiger partial charge on any atom is -0.262 e. The van der Waals surface area contributed by atoms with Crippen molar-refractivity contribution in [1.82, 2.24) is 0 Å². The van der Waals surface area contributed by atoms with Crippen LogP contribution in [0.25, 0.3) is 0 Å². The van der Waals surface area contributed by atoms with Crippen LogP contribution >= 0.6 is 8.58 Å². The van der Waals surface area contributed by atoms with Crippen LogP contribution in [-0.4, -0.2) is 12.9 Å². The number of aliphatic imine (C=N–C) groups is 1. The lowest BCUT2D eigenvalue weighted by atomic mass is 10.3. The second kappa shape index (κ2) is 8.90. The normalized spacial score (nSPS) is 13.8. The van der Waals surface area contributed by atoms with E-state index in [1.165, 1.54) is 6.42 Å². The molecule has 0 aromatic rings. The van der Waals surface area contributed by atoms with Gasteiger partial charge in [-0.2, -0.15) is 0 Å². The number of rotatable bonds is 6. The molecule has 0 fully saturated rings. The van der Waals surface area contributed by atoms with Crippen LogP contribution in [0.2, 0.25) is 0 Å². The van der Waals surface area contributed by atoms with Gasteiger partial charge < -0.3 is 0 Å². The van der Waals surface area contributed by atoms with Crippen molar-refractivity contribution in [2.75, 3.05) is 6.66 Å². The van der Waals surface area contributed by atoms with Crippen LogP contribution in [0.4, 0.5) is 0 Å². The molecule has 1 atom stereocenters. The molecule has 0 bridgehead atoms. The maximum absolute atomic E-state index is 4.06. The largest absolute Gasteiger partial charge is 0.262 e. The SMILES string of the molecule is C=C(C)/N=C\C=CC/C=C(\CC)PC. The fourth-order valence-corrected chi connectivity index (χ4v) is 1.62. The van der Waals surface area contributed by atoms with E-state index in [9.17, 15) is 0 Å². The molecule has 0 aromatic heterocycles. The molecule has 14 heavy (non-hydrogen) atoms. The van der Waals surface area contributed by atoms with Gasteiger partial charge in [-0.25, -0.2) is 0 Å². The first-order valence-corrected chi connectivity index (χ1v) is 6.42. The third-order valence-electron chi connectivity index (χ3n) is 1.72. The molecule has 0 aromatic carbocycles. The monoisotopic (exact) mass is 209 g/mol. The molecule has 0 saturated heterocycles. The lowest BCUT2D eigenvalue weighted by Gasteiger charge is -1.96. The summed E-state index contributed by atoms with van der Waals surface area (Å²) in [6, 6.07) is 0. The lowest BCUT2D eigenvalue weighted by Crippen LogP contribution is -1.71. The minimum absolute atomic E-state index is 0.842. The van der Waals surface area contributed by atoms with Gasteiger partial charge in [0.15, 0.2) is 0 Å². The maximum atomic E-state index is 4.06. The molecule has 0 saturated carbocycles. The quantitative estimate of drug-likeness (QED) is 0.460. The molecule has 1 unspecified atom stereocenters. The fraction of sp³-hybridized carbons (Fsp3) is 0.417. The van der Waals surface area contributed by atoms with E-state index in [2.05, 4.69) is 37.3 Å². The second-order valence-corrected chi connectivity index (χ2v) is 4.15. The summed E-state index contributed by atoms with van der Waals surface area (Å²) in [5.74, 6) is 0. The Morgan fingerprint density at radius 3 is 2.71 bits per heavy atom. The molecule has 0 heterocycles. The van der Waals surface area contributed by atoms with Crippen molar-refractivity contribution in [3.8, 4) is 0 Å². The van der Waals surface area contributed by atoms with Crippen LogP contribution in [0, 0.1) is 0 Å². The summed E-state index contributed by atoms with van der Waals surface area (Å²) in [6.07, 6.45) is 10.3. The Kier molecular flexibility index (Phi) is 8.47. The Bertz CT molecular complexity index is 243. The third kappa shape index (κ3) is 7.94. The Labute approximate surface area is 89.5 Å². The van der Waals surface area contributed by atoms with Crippen molar-refractivity contribution < 1.29 is 0 Å². The predicted octanol–water partition coefficient (Wildman–Crippen LogP) is 4.14. The molecule has 0 rings (SSSR count). The zero-order valence-electron chi connectivity index (χ0n) is 9.38. The van der Waals surface area contributed by atoms with Crippen molar-refractivity contribution in [2.24, 2.45) is 4.99 Å². The highest BCUT2D eigenvalue weighted by molar-refractivity contribution is 7.42. The number of nitrogens with zero attached hydrogens (tertiary/aromatic N) is 1. The van der Waals surface area contributed by atoms with Gasteiger partial charge in [-0.15, -0.1) is 0 Å². The number of hydrogen-bond acceptors (Lipinski definition) is 1. The van der Waals surface area contributed by atoms with E-state index >= 15 is 0 Å². The second-order valence-electron chi connectivity index (χ2n) is 3.01. The number of allylic oxidation sites excluding steroid dienone is 5. The van der Waals surface area contributed by atoms with E-state index in [1.54, 1.807) is 11.5 Å². The lowest BCUT2D eigenvalue weighted by molar-refractivity contribution is 1.17. The highest BCUT2D eigenvalue weighted by Gasteiger charge is 1.85. The van der Waals surface area contributed by atoms with Crippen molar-refractivity contribution in [1.29, 1.82) is 0 Å². The first-order chi connectivity index (χ1) is 6.70. The van der Waals surface area contributed by atoms with Crippen molar-refractivity contribution in [3.05, 3.63) is 35.8 Å². The van der Waals surface area contributed by atoms with Gasteiger partial charge >= 0.3 is 0 Å². The van der Waals surface area contributed by atoms with E-state index in [0.29, 0.717) is 0 Å². The third-order valence-corrected chi connectivity index (χ3v) is 2.92. The van der Waals surface area contributed by atoms with Gasteiger partial charge in [0.2, 0.25) is 0 Å². The summed E-state index contributed by atoms with van der Waals surface area (Å²) < 4.78 is 0. The summed E-state index contributed by atoms with van der Waals surface area (Å²) >= 11 is 0.